The van der Waals surface area contributed by atoms with Gasteiger partial charge in [0, 0.05) is 12.7 Å². The molecular formula is C18H15F3N2O4S. The average molecular weight is 412 g/mol. The lowest BCUT2D eigenvalue weighted by atomic mass is 10.2. The highest BCUT2D eigenvalue weighted by molar-refractivity contribution is 7.22. The highest BCUT2D eigenvalue weighted by Crippen LogP contribution is 2.34. The summed E-state index contributed by atoms with van der Waals surface area (Å²) in [5.41, 5.74) is 0.471. The van der Waals surface area contributed by atoms with E-state index in [-0.39, 0.29) is 30.1 Å². The molecule has 0 spiro atoms. The van der Waals surface area contributed by atoms with Gasteiger partial charge in [-0.05, 0) is 37.1 Å². The molecule has 0 radical (unpaired) electrons. The minimum atomic E-state index is -4.78. The van der Waals surface area contributed by atoms with E-state index in [1.807, 2.05) is 0 Å². The fourth-order valence-electron chi connectivity index (χ4n) is 2.98. The highest BCUT2D eigenvalue weighted by Gasteiger charge is 2.32. The lowest BCUT2D eigenvalue weighted by molar-refractivity contribution is -0.274. The first-order chi connectivity index (χ1) is 13.4. The van der Waals surface area contributed by atoms with E-state index in [0.29, 0.717) is 22.0 Å². The molecule has 10 heteroatoms. The predicted octanol–water partition coefficient (Wildman–Crippen LogP) is 4.61. The fraction of sp³-hybridized carbons (Fsp3) is 0.333. The van der Waals surface area contributed by atoms with Crippen LogP contribution in [0.4, 0.5) is 18.3 Å². The van der Waals surface area contributed by atoms with E-state index in [9.17, 15) is 18.0 Å². The summed E-state index contributed by atoms with van der Waals surface area (Å²) in [6.07, 6.45) is -1.78. The molecule has 1 unspecified atom stereocenters. The van der Waals surface area contributed by atoms with Crippen molar-refractivity contribution in [3.8, 4) is 5.75 Å². The van der Waals surface area contributed by atoms with Gasteiger partial charge in [0.2, 0.25) is 0 Å². The summed E-state index contributed by atoms with van der Waals surface area (Å²) in [4.78, 5) is 18.8. The number of furan rings is 1. The van der Waals surface area contributed by atoms with Gasteiger partial charge >= 0.3 is 6.36 Å². The number of alkyl halides is 3. The Bertz CT molecular complexity index is 965. The SMILES string of the molecule is O=C(c1ccco1)N(CC1CCCO1)c1nc2ccc(OC(F)(F)F)cc2s1. The number of hydrogen-bond acceptors (Lipinski definition) is 6. The van der Waals surface area contributed by atoms with Gasteiger partial charge in [0.05, 0.1) is 29.1 Å². The van der Waals surface area contributed by atoms with Crippen LogP contribution in [0.1, 0.15) is 23.4 Å². The third kappa shape index (κ3) is 4.12. The lowest BCUT2D eigenvalue weighted by Gasteiger charge is -2.22. The van der Waals surface area contributed by atoms with Gasteiger partial charge < -0.3 is 13.9 Å². The van der Waals surface area contributed by atoms with E-state index in [2.05, 4.69) is 9.72 Å². The number of thiazole rings is 1. The third-order valence-electron chi connectivity index (χ3n) is 4.20. The van der Waals surface area contributed by atoms with Crippen molar-refractivity contribution in [3.63, 3.8) is 0 Å². The number of halogens is 3. The summed E-state index contributed by atoms with van der Waals surface area (Å²) in [6, 6.07) is 7.03. The lowest BCUT2D eigenvalue weighted by Crippen LogP contribution is -2.37. The van der Waals surface area contributed by atoms with Crippen LogP contribution in [0.2, 0.25) is 0 Å². The Morgan fingerprint density at radius 3 is 2.89 bits per heavy atom. The van der Waals surface area contributed by atoms with Crippen molar-refractivity contribution in [1.29, 1.82) is 0 Å². The van der Waals surface area contributed by atoms with Gasteiger partial charge in [0.1, 0.15) is 5.75 Å². The Kier molecular flexibility index (Phi) is 4.98. The molecular weight excluding hydrogens is 397 g/mol. The topological polar surface area (TPSA) is 64.8 Å². The van der Waals surface area contributed by atoms with Crippen LogP contribution in [-0.4, -0.2) is 36.5 Å². The van der Waals surface area contributed by atoms with Gasteiger partial charge in [-0.2, -0.15) is 0 Å². The summed E-state index contributed by atoms with van der Waals surface area (Å²) in [7, 11) is 0. The number of benzene rings is 1. The largest absolute Gasteiger partial charge is 0.573 e. The maximum Gasteiger partial charge on any atom is 0.573 e. The summed E-state index contributed by atoms with van der Waals surface area (Å²) >= 11 is 1.10. The molecule has 0 bridgehead atoms. The smallest absolute Gasteiger partial charge is 0.459 e. The van der Waals surface area contributed by atoms with E-state index < -0.39 is 6.36 Å². The highest BCUT2D eigenvalue weighted by atomic mass is 32.1. The monoisotopic (exact) mass is 412 g/mol. The number of carbonyl (C=O) groups is 1. The third-order valence-corrected chi connectivity index (χ3v) is 5.24. The number of amides is 1. The Morgan fingerprint density at radius 2 is 2.21 bits per heavy atom. The normalized spacial score (nSPS) is 17.2. The number of anilines is 1. The molecule has 1 amide bonds. The van der Waals surface area contributed by atoms with Gasteiger partial charge in [-0.3, -0.25) is 9.69 Å². The molecule has 1 fully saturated rings. The molecule has 1 aliphatic rings. The summed E-state index contributed by atoms with van der Waals surface area (Å²) in [5.74, 6) is -0.567. The molecule has 0 saturated carbocycles. The van der Waals surface area contributed by atoms with Crippen molar-refractivity contribution in [2.24, 2.45) is 0 Å². The Balaban J connectivity index is 1.66. The molecule has 2 aromatic heterocycles. The molecule has 3 aromatic rings. The molecule has 1 atom stereocenters. The first-order valence-electron chi connectivity index (χ1n) is 8.52. The van der Waals surface area contributed by atoms with Gasteiger partial charge in [0.15, 0.2) is 10.9 Å². The standard InChI is InChI=1S/C18H15F3N2O4S/c19-18(20,21)27-11-5-6-13-15(9-11)28-17(22-13)23(10-12-3-1-7-25-12)16(24)14-4-2-8-26-14/h2,4-6,8-9,12H,1,3,7,10H2. The molecule has 0 aliphatic carbocycles. The number of rotatable bonds is 5. The predicted molar refractivity (Wildman–Crippen MR) is 95.7 cm³/mol. The minimum absolute atomic E-state index is 0.130. The van der Waals surface area contributed by atoms with Crippen LogP contribution in [0.5, 0.6) is 5.75 Å². The molecule has 1 aliphatic heterocycles. The van der Waals surface area contributed by atoms with Crippen molar-refractivity contribution in [3.05, 3.63) is 42.4 Å². The number of ether oxygens (including phenoxy) is 2. The summed E-state index contributed by atoms with van der Waals surface area (Å²) in [5, 5.41) is 0.357. The second-order valence-corrected chi connectivity index (χ2v) is 7.21. The quantitative estimate of drug-likeness (QED) is 0.612. The second kappa shape index (κ2) is 7.44. The van der Waals surface area contributed by atoms with Gasteiger partial charge in [-0.15, -0.1) is 13.2 Å². The Labute approximate surface area is 161 Å². The molecule has 4 rings (SSSR count). The maximum atomic E-state index is 12.9. The molecule has 28 heavy (non-hydrogen) atoms. The van der Waals surface area contributed by atoms with Gasteiger partial charge in [-0.1, -0.05) is 11.3 Å². The first-order valence-corrected chi connectivity index (χ1v) is 9.34. The molecule has 3 heterocycles. The molecule has 148 valence electrons. The summed E-state index contributed by atoms with van der Waals surface area (Å²) < 4.78 is 52.6. The van der Waals surface area contributed by atoms with Gasteiger partial charge in [0.25, 0.3) is 5.91 Å². The number of nitrogens with zero attached hydrogens (tertiary/aromatic N) is 2. The van der Waals surface area contributed by atoms with Crippen LogP contribution in [0.15, 0.2) is 41.0 Å². The van der Waals surface area contributed by atoms with Crippen LogP contribution < -0.4 is 9.64 Å². The van der Waals surface area contributed by atoms with Crippen molar-refractivity contribution in [2.75, 3.05) is 18.1 Å². The fourth-order valence-corrected chi connectivity index (χ4v) is 3.98. The molecule has 1 saturated heterocycles. The second-order valence-electron chi connectivity index (χ2n) is 6.20. The Morgan fingerprint density at radius 1 is 1.36 bits per heavy atom. The van der Waals surface area contributed by atoms with E-state index in [4.69, 9.17) is 9.15 Å². The van der Waals surface area contributed by atoms with Gasteiger partial charge in [-0.25, -0.2) is 4.98 Å². The first kappa shape index (κ1) is 18.8. The van der Waals surface area contributed by atoms with Crippen molar-refractivity contribution in [2.45, 2.75) is 25.3 Å². The van der Waals surface area contributed by atoms with Crippen LogP contribution >= 0.6 is 11.3 Å². The van der Waals surface area contributed by atoms with E-state index in [1.165, 1.54) is 29.4 Å². The van der Waals surface area contributed by atoms with E-state index in [1.54, 1.807) is 12.1 Å². The zero-order valence-electron chi connectivity index (χ0n) is 14.4. The van der Waals surface area contributed by atoms with Crippen molar-refractivity contribution in [1.82, 2.24) is 4.98 Å². The zero-order chi connectivity index (χ0) is 19.7. The maximum absolute atomic E-state index is 12.9. The van der Waals surface area contributed by atoms with Crippen molar-refractivity contribution < 1.29 is 31.9 Å². The molecule has 1 aromatic carbocycles. The molecule has 0 N–H and O–H groups in total. The number of carbonyl (C=O) groups excluding carboxylic acids is 1. The van der Waals surface area contributed by atoms with Crippen LogP contribution in [0, 0.1) is 0 Å². The number of fused-ring (bicyclic) bond motifs is 1. The Hall–Kier alpha value is -2.59. The average Bonchev–Trinajstić information content (AvgIpc) is 3.37. The van der Waals surface area contributed by atoms with Crippen LogP contribution in [-0.2, 0) is 4.74 Å². The van der Waals surface area contributed by atoms with Crippen LogP contribution in [0.25, 0.3) is 10.2 Å². The zero-order valence-corrected chi connectivity index (χ0v) is 15.3. The summed E-state index contributed by atoms with van der Waals surface area (Å²) in [6.45, 7) is 0.913. The van der Waals surface area contributed by atoms with Crippen LogP contribution in [0.3, 0.4) is 0 Å². The molecule has 6 nitrogen and oxygen atoms in total. The minimum Gasteiger partial charge on any atom is -0.459 e. The van der Waals surface area contributed by atoms with Crippen molar-refractivity contribution >= 4 is 32.6 Å². The number of aromatic nitrogens is 1. The van der Waals surface area contributed by atoms with E-state index >= 15 is 0 Å². The van der Waals surface area contributed by atoms with E-state index in [0.717, 1.165) is 24.2 Å². The number of hydrogen-bond donors (Lipinski definition) is 0.